The second kappa shape index (κ2) is 8.75. The second-order valence-electron chi connectivity index (χ2n) is 6.83. The molecule has 16 heteroatoms. The highest BCUT2D eigenvalue weighted by Gasteiger charge is 2.92. The number of rotatable bonds is 8. The highest BCUT2D eigenvalue weighted by Crippen LogP contribution is 2.62. The fourth-order valence-electron chi connectivity index (χ4n) is 2.63. The van der Waals surface area contributed by atoms with Crippen molar-refractivity contribution in [2.24, 2.45) is 0 Å². The maximum Gasteiger partial charge on any atom is 0.460 e. The number of esters is 1. The summed E-state index contributed by atoms with van der Waals surface area (Å²) in [6, 6.07) is 0. The number of halogens is 13. The summed E-state index contributed by atoms with van der Waals surface area (Å²) in [5.74, 6) is -38.9. The van der Waals surface area contributed by atoms with E-state index in [1.165, 1.54) is 6.92 Å². The van der Waals surface area contributed by atoms with Gasteiger partial charge in [0.2, 0.25) is 0 Å². The molecule has 0 aromatic rings. The standard InChI is InChI=1S/C18H15F13O3/c1-4-34-11(32)9(2)10-5-7-12(33-3,8-6-10)13(19,20)14(21,22)15(23,24)16(25,26)17(27,28)18(29,30)31/h5-8H,4H2,1-3H3. The van der Waals surface area contributed by atoms with Crippen LogP contribution in [-0.2, 0) is 14.3 Å². The number of methoxy groups -OCH3 is 1. The third-order valence-electron chi connectivity index (χ3n) is 4.80. The van der Waals surface area contributed by atoms with Crippen LogP contribution in [0.3, 0.4) is 0 Å². The molecule has 0 aromatic carbocycles. The minimum Gasteiger partial charge on any atom is -0.463 e. The Balaban J connectivity index is 3.62. The number of alkyl halides is 13. The number of carbonyl (C=O) groups excluding carboxylic acids is 1. The first-order valence-electron chi connectivity index (χ1n) is 8.79. The number of carbonyl (C=O) groups is 1. The molecule has 0 N–H and O–H groups in total. The molecule has 0 fully saturated rings. The molecule has 0 aliphatic heterocycles. The van der Waals surface area contributed by atoms with E-state index in [0.717, 1.165) is 6.92 Å². The van der Waals surface area contributed by atoms with Crippen molar-refractivity contribution in [3.05, 3.63) is 35.5 Å². The molecule has 1 aliphatic rings. The van der Waals surface area contributed by atoms with Gasteiger partial charge in [-0.1, -0.05) is 12.2 Å². The van der Waals surface area contributed by atoms with Gasteiger partial charge >= 0.3 is 41.8 Å². The summed E-state index contributed by atoms with van der Waals surface area (Å²) in [6.07, 6.45) is -6.79. The van der Waals surface area contributed by atoms with Gasteiger partial charge in [0.25, 0.3) is 0 Å². The van der Waals surface area contributed by atoms with Gasteiger partial charge in [-0.3, -0.25) is 0 Å². The Labute approximate surface area is 182 Å². The van der Waals surface area contributed by atoms with Gasteiger partial charge in [0.05, 0.1) is 6.61 Å². The molecule has 0 saturated carbocycles. The summed E-state index contributed by atoms with van der Waals surface area (Å²) >= 11 is 0. The smallest absolute Gasteiger partial charge is 0.460 e. The summed E-state index contributed by atoms with van der Waals surface area (Å²) < 4.78 is 183. The van der Waals surface area contributed by atoms with Gasteiger partial charge in [-0.25, -0.2) is 4.79 Å². The highest BCUT2D eigenvalue weighted by molar-refractivity contribution is 5.90. The predicted molar refractivity (Wildman–Crippen MR) is 88.1 cm³/mol. The molecule has 196 valence electrons. The maximum atomic E-state index is 14.6. The second-order valence-corrected chi connectivity index (χ2v) is 6.83. The van der Waals surface area contributed by atoms with Crippen molar-refractivity contribution < 1.29 is 71.3 Å². The van der Waals surface area contributed by atoms with Crippen LogP contribution in [0.2, 0.25) is 0 Å². The lowest BCUT2D eigenvalue weighted by Crippen LogP contribution is -2.73. The van der Waals surface area contributed by atoms with Gasteiger partial charge in [-0.15, -0.1) is 0 Å². The van der Waals surface area contributed by atoms with Crippen molar-refractivity contribution in [3.8, 4) is 0 Å². The van der Waals surface area contributed by atoms with E-state index in [4.69, 9.17) is 0 Å². The van der Waals surface area contributed by atoms with E-state index in [0.29, 0.717) is 12.2 Å². The molecule has 0 spiro atoms. The summed E-state index contributed by atoms with van der Waals surface area (Å²) in [5.41, 5.74) is -4.66. The monoisotopic (exact) mass is 526 g/mol. The number of allylic oxidation sites excluding steroid dienone is 3. The molecule has 0 bridgehead atoms. The Bertz CT molecular complexity index is 866. The molecular formula is C18H15F13O3. The maximum absolute atomic E-state index is 14.6. The summed E-state index contributed by atoms with van der Waals surface area (Å²) in [4.78, 5) is 11.7. The minimum absolute atomic E-state index is 0.0882. The third kappa shape index (κ3) is 4.06. The number of hydrogen-bond acceptors (Lipinski definition) is 3. The Hall–Kier alpha value is -2.26. The largest absolute Gasteiger partial charge is 0.463 e. The Kier molecular flexibility index (Phi) is 7.66. The molecule has 0 amide bonds. The Morgan fingerprint density at radius 3 is 1.56 bits per heavy atom. The average Bonchev–Trinajstić information content (AvgIpc) is 2.71. The molecule has 0 radical (unpaired) electrons. The summed E-state index contributed by atoms with van der Waals surface area (Å²) in [7, 11) is 0.214. The van der Waals surface area contributed by atoms with Gasteiger partial charge in [0, 0.05) is 12.7 Å². The molecule has 0 unspecified atom stereocenters. The van der Waals surface area contributed by atoms with Gasteiger partial charge in [0.1, 0.15) is 0 Å². The Morgan fingerprint density at radius 1 is 0.794 bits per heavy atom. The quantitative estimate of drug-likeness (QED) is 0.217. The lowest BCUT2D eigenvalue weighted by Gasteiger charge is -2.44. The molecule has 0 atom stereocenters. The van der Waals surface area contributed by atoms with Crippen molar-refractivity contribution in [3.63, 3.8) is 0 Å². The fraction of sp³-hybridized carbons (Fsp3) is 0.611. The molecule has 34 heavy (non-hydrogen) atoms. The zero-order valence-corrected chi connectivity index (χ0v) is 17.2. The van der Waals surface area contributed by atoms with E-state index in [2.05, 4.69) is 9.47 Å². The SMILES string of the molecule is CCOC(=O)C(C)=C1C=CC(OC)(C(F)(F)C(F)(F)C(F)(F)C(F)(F)C(F)(F)C(F)(F)F)C=C1. The van der Waals surface area contributed by atoms with Crippen LogP contribution in [0.25, 0.3) is 0 Å². The number of hydrogen-bond donors (Lipinski definition) is 0. The molecule has 1 rings (SSSR count). The van der Waals surface area contributed by atoms with Crippen molar-refractivity contribution in [1.29, 1.82) is 0 Å². The topological polar surface area (TPSA) is 35.5 Å². The van der Waals surface area contributed by atoms with Crippen LogP contribution in [-0.4, -0.2) is 61.1 Å². The third-order valence-corrected chi connectivity index (χ3v) is 4.80. The molecule has 0 heterocycles. The fourth-order valence-corrected chi connectivity index (χ4v) is 2.63. The lowest BCUT2D eigenvalue weighted by molar-refractivity contribution is -0.446. The van der Waals surface area contributed by atoms with Gasteiger partial charge in [0.15, 0.2) is 5.60 Å². The van der Waals surface area contributed by atoms with Crippen molar-refractivity contribution >= 4 is 5.97 Å². The predicted octanol–water partition coefficient (Wildman–Crippen LogP) is 6.12. The van der Waals surface area contributed by atoms with Crippen LogP contribution in [0.1, 0.15) is 13.8 Å². The van der Waals surface area contributed by atoms with E-state index in [1.807, 2.05) is 0 Å². The van der Waals surface area contributed by atoms with E-state index in [-0.39, 0.29) is 37.0 Å². The van der Waals surface area contributed by atoms with Crippen LogP contribution in [0.5, 0.6) is 0 Å². The average molecular weight is 526 g/mol. The minimum atomic E-state index is -8.02. The lowest BCUT2D eigenvalue weighted by atomic mass is 9.81. The molecule has 3 nitrogen and oxygen atoms in total. The van der Waals surface area contributed by atoms with Crippen LogP contribution >= 0.6 is 0 Å². The molecule has 0 saturated heterocycles. The molecular weight excluding hydrogens is 511 g/mol. The van der Waals surface area contributed by atoms with Crippen LogP contribution in [0, 0.1) is 0 Å². The molecule has 1 aliphatic carbocycles. The summed E-state index contributed by atoms with van der Waals surface area (Å²) in [6.45, 7) is 2.32. The van der Waals surface area contributed by atoms with E-state index >= 15 is 0 Å². The van der Waals surface area contributed by atoms with Crippen molar-refractivity contribution in [1.82, 2.24) is 0 Å². The zero-order chi connectivity index (χ0) is 27.2. The highest BCUT2D eigenvalue weighted by atomic mass is 19.4. The first-order chi connectivity index (χ1) is 15.0. The van der Waals surface area contributed by atoms with E-state index in [1.54, 1.807) is 0 Å². The first-order valence-corrected chi connectivity index (χ1v) is 8.79. The first kappa shape index (κ1) is 29.8. The van der Waals surface area contributed by atoms with Crippen LogP contribution in [0.15, 0.2) is 35.5 Å². The van der Waals surface area contributed by atoms with E-state index < -0.39 is 47.4 Å². The zero-order valence-electron chi connectivity index (χ0n) is 17.2. The van der Waals surface area contributed by atoms with E-state index in [9.17, 15) is 61.9 Å². The van der Waals surface area contributed by atoms with Gasteiger partial charge < -0.3 is 9.47 Å². The number of ether oxygens (including phenoxy) is 2. The van der Waals surface area contributed by atoms with Crippen LogP contribution < -0.4 is 0 Å². The normalized spacial score (nSPS) is 20.5. The van der Waals surface area contributed by atoms with Gasteiger partial charge in [-0.2, -0.15) is 57.1 Å². The molecule has 0 aromatic heterocycles. The van der Waals surface area contributed by atoms with Crippen molar-refractivity contribution in [2.75, 3.05) is 13.7 Å². The Morgan fingerprint density at radius 2 is 1.21 bits per heavy atom. The summed E-state index contributed by atoms with van der Waals surface area (Å²) in [5, 5.41) is 0. The van der Waals surface area contributed by atoms with Crippen molar-refractivity contribution in [2.45, 2.75) is 55.2 Å². The van der Waals surface area contributed by atoms with Gasteiger partial charge in [-0.05, 0) is 31.6 Å². The van der Waals surface area contributed by atoms with Crippen LogP contribution in [0.4, 0.5) is 57.1 Å².